The van der Waals surface area contributed by atoms with Crippen molar-refractivity contribution >= 4 is 33.6 Å². The number of amides is 3. The molecule has 0 radical (unpaired) electrons. The van der Waals surface area contributed by atoms with Crippen LogP contribution in [-0.4, -0.2) is 111 Å². The minimum absolute atomic E-state index is 0.0241. The van der Waals surface area contributed by atoms with Crippen LogP contribution < -0.4 is 20.7 Å². The number of nitrogens with zero attached hydrogens (tertiary/aromatic N) is 2. The number of carbonyl (C=O) groups excluding carboxylic acids is 3. The number of ether oxygens (including phenoxy) is 1. The molecule has 3 aromatic carbocycles. The zero-order chi connectivity index (χ0) is 37.5. The van der Waals surface area contributed by atoms with Gasteiger partial charge < -0.3 is 25.4 Å². The number of phenolic OH excluding ortho intramolecular Hbond substituents is 1. The second kappa shape index (κ2) is 20.1. The number of rotatable bonds is 18. The SMILES string of the molecule is O=C(CCN1CCC(OC(=O)Nc2ccccc2-c2ccccc2)CC1)NCCCCCNS(=O)(=O)C(Cc1ccc(O)cc1)CN1CCNC(=O)C1. The molecule has 14 heteroatoms. The number of para-hydroxylation sites is 1. The lowest BCUT2D eigenvalue weighted by Crippen LogP contribution is -2.52. The normalized spacial score (nSPS) is 16.4. The third kappa shape index (κ3) is 13.1. The van der Waals surface area contributed by atoms with E-state index in [-0.39, 0.29) is 49.7 Å². The Labute approximate surface area is 312 Å². The number of sulfonamides is 1. The minimum Gasteiger partial charge on any atom is -0.508 e. The molecule has 286 valence electrons. The highest BCUT2D eigenvalue weighted by Gasteiger charge is 2.30. The van der Waals surface area contributed by atoms with E-state index in [0.29, 0.717) is 57.5 Å². The van der Waals surface area contributed by atoms with Crippen molar-refractivity contribution in [3.63, 3.8) is 0 Å². The molecule has 0 saturated carbocycles. The first-order valence-electron chi connectivity index (χ1n) is 18.5. The third-order valence-corrected chi connectivity index (χ3v) is 11.4. The van der Waals surface area contributed by atoms with Crippen LogP contribution in [-0.2, 0) is 30.8 Å². The van der Waals surface area contributed by atoms with Crippen LogP contribution in [0.1, 0.15) is 44.1 Å². The van der Waals surface area contributed by atoms with Gasteiger partial charge in [0.25, 0.3) is 0 Å². The Hall–Kier alpha value is -4.50. The van der Waals surface area contributed by atoms with Crippen molar-refractivity contribution in [2.24, 2.45) is 0 Å². The van der Waals surface area contributed by atoms with Gasteiger partial charge in [0.05, 0.1) is 17.5 Å². The molecule has 0 spiro atoms. The molecule has 0 aromatic heterocycles. The van der Waals surface area contributed by atoms with Gasteiger partial charge in [-0.05, 0) is 61.4 Å². The van der Waals surface area contributed by atoms with Gasteiger partial charge in [-0.25, -0.2) is 17.9 Å². The van der Waals surface area contributed by atoms with E-state index in [0.717, 1.165) is 42.6 Å². The molecule has 13 nitrogen and oxygen atoms in total. The summed E-state index contributed by atoms with van der Waals surface area (Å²) in [6, 6.07) is 24.0. The Morgan fingerprint density at radius 1 is 0.887 bits per heavy atom. The van der Waals surface area contributed by atoms with E-state index in [1.165, 1.54) is 12.1 Å². The van der Waals surface area contributed by atoms with Crippen molar-refractivity contribution in [3.05, 3.63) is 84.4 Å². The number of aromatic hydroxyl groups is 1. The standard InChI is InChI=1S/C39H52N6O7S/c46-32-15-13-30(14-16-32)27-34(28-45-26-22-41-38(48)29-45)53(50,51)42-21-8-2-7-20-40-37(47)19-25-44-23-17-33(18-24-44)52-39(49)43-36-12-6-5-11-35(36)31-9-3-1-4-10-31/h1,3-6,9-16,33-34,42,46H,2,7-8,17-29H2,(H,40,47)(H,41,48)(H,43,49). The number of anilines is 1. The fourth-order valence-electron chi connectivity index (χ4n) is 6.64. The number of likely N-dealkylation sites (tertiary alicyclic amines) is 1. The van der Waals surface area contributed by atoms with Gasteiger partial charge >= 0.3 is 6.09 Å². The molecule has 0 bridgehead atoms. The quantitative estimate of drug-likeness (QED) is 0.122. The van der Waals surface area contributed by atoms with Gasteiger partial charge in [-0.15, -0.1) is 0 Å². The lowest BCUT2D eigenvalue weighted by Gasteiger charge is -2.31. The summed E-state index contributed by atoms with van der Waals surface area (Å²) in [6.45, 7) is 4.36. The second-order valence-corrected chi connectivity index (χ2v) is 15.7. The first-order chi connectivity index (χ1) is 25.6. The molecule has 5 rings (SSSR count). The first kappa shape index (κ1) is 39.7. The van der Waals surface area contributed by atoms with Gasteiger partial charge in [0.15, 0.2) is 0 Å². The number of hydrogen-bond acceptors (Lipinski definition) is 9. The fourth-order valence-corrected chi connectivity index (χ4v) is 8.12. The number of phenols is 1. The van der Waals surface area contributed by atoms with Crippen LogP contribution in [0.25, 0.3) is 11.1 Å². The van der Waals surface area contributed by atoms with E-state index in [2.05, 4.69) is 25.6 Å². The minimum atomic E-state index is -3.69. The summed E-state index contributed by atoms with van der Waals surface area (Å²) in [5.74, 6) is -0.0285. The molecule has 5 N–H and O–H groups in total. The zero-order valence-corrected chi connectivity index (χ0v) is 31.0. The fraction of sp³-hybridized carbons (Fsp3) is 0.462. The van der Waals surface area contributed by atoms with Gasteiger partial charge in [0, 0.05) is 64.3 Å². The van der Waals surface area contributed by atoms with Crippen LogP contribution in [0, 0.1) is 0 Å². The highest BCUT2D eigenvalue weighted by atomic mass is 32.2. The number of hydrogen-bond donors (Lipinski definition) is 5. The molecule has 1 unspecified atom stereocenters. The van der Waals surface area contributed by atoms with E-state index in [9.17, 15) is 27.9 Å². The van der Waals surface area contributed by atoms with Crippen molar-refractivity contribution in [1.29, 1.82) is 0 Å². The molecule has 0 aliphatic carbocycles. The number of nitrogens with one attached hydrogen (secondary N) is 4. The zero-order valence-electron chi connectivity index (χ0n) is 30.2. The first-order valence-corrected chi connectivity index (χ1v) is 20.1. The molecule has 2 aliphatic rings. The summed E-state index contributed by atoms with van der Waals surface area (Å²) in [6.07, 6.45) is 3.49. The molecule has 1 atom stereocenters. The van der Waals surface area contributed by atoms with Gasteiger partial charge in [0.2, 0.25) is 21.8 Å². The Bertz CT molecular complexity index is 1730. The number of piperidine rings is 1. The van der Waals surface area contributed by atoms with Crippen LogP contribution in [0.4, 0.5) is 10.5 Å². The average Bonchev–Trinajstić information content (AvgIpc) is 3.15. The topological polar surface area (TPSA) is 169 Å². The van der Waals surface area contributed by atoms with Crippen LogP contribution in [0.3, 0.4) is 0 Å². The summed E-state index contributed by atoms with van der Waals surface area (Å²) in [5.41, 5.74) is 3.43. The van der Waals surface area contributed by atoms with Crippen LogP contribution in [0.5, 0.6) is 5.75 Å². The highest BCUT2D eigenvalue weighted by Crippen LogP contribution is 2.28. The van der Waals surface area contributed by atoms with E-state index in [4.69, 9.17) is 4.74 Å². The average molecular weight is 749 g/mol. The van der Waals surface area contributed by atoms with Gasteiger partial charge in [0.1, 0.15) is 11.9 Å². The van der Waals surface area contributed by atoms with Gasteiger partial charge in [-0.2, -0.15) is 0 Å². The van der Waals surface area contributed by atoms with Crippen molar-refractivity contribution in [2.75, 3.05) is 64.2 Å². The largest absolute Gasteiger partial charge is 0.508 e. The van der Waals surface area contributed by atoms with Gasteiger partial charge in [-0.3, -0.25) is 19.8 Å². The maximum atomic E-state index is 13.4. The summed E-state index contributed by atoms with van der Waals surface area (Å²) >= 11 is 0. The molecule has 3 amide bonds. The highest BCUT2D eigenvalue weighted by molar-refractivity contribution is 7.90. The van der Waals surface area contributed by atoms with Crippen molar-refractivity contribution < 1.29 is 32.6 Å². The number of unbranched alkanes of at least 4 members (excludes halogenated alkanes) is 2. The Morgan fingerprint density at radius 2 is 1.60 bits per heavy atom. The van der Waals surface area contributed by atoms with Crippen LogP contribution >= 0.6 is 0 Å². The molecular weight excluding hydrogens is 697 g/mol. The van der Waals surface area contributed by atoms with Crippen molar-refractivity contribution in [2.45, 2.75) is 56.3 Å². The monoisotopic (exact) mass is 748 g/mol. The predicted octanol–water partition coefficient (Wildman–Crippen LogP) is 3.71. The van der Waals surface area contributed by atoms with Crippen LogP contribution in [0.2, 0.25) is 0 Å². The number of carbonyl (C=O) groups is 3. The molecule has 2 aliphatic heterocycles. The molecular formula is C39H52N6O7S. The Kier molecular flexibility index (Phi) is 15.0. The van der Waals surface area contributed by atoms with E-state index >= 15 is 0 Å². The van der Waals surface area contributed by atoms with E-state index in [1.807, 2.05) is 59.5 Å². The van der Waals surface area contributed by atoms with E-state index < -0.39 is 21.4 Å². The second-order valence-electron chi connectivity index (χ2n) is 13.7. The summed E-state index contributed by atoms with van der Waals surface area (Å²) < 4.78 is 35.2. The summed E-state index contributed by atoms with van der Waals surface area (Å²) in [7, 11) is -3.69. The molecule has 53 heavy (non-hydrogen) atoms. The third-order valence-electron chi connectivity index (χ3n) is 9.61. The molecule has 2 fully saturated rings. The summed E-state index contributed by atoms with van der Waals surface area (Å²) in [5, 5.41) is 17.5. The molecule has 2 saturated heterocycles. The maximum absolute atomic E-state index is 13.4. The predicted molar refractivity (Wildman–Crippen MR) is 205 cm³/mol. The number of benzene rings is 3. The lowest BCUT2D eigenvalue weighted by molar-refractivity contribution is -0.124. The number of piperazine rings is 1. The van der Waals surface area contributed by atoms with Crippen LogP contribution in [0.15, 0.2) is 78.9 Å². The Balaban J connectivity index is 0.934. The lowest BCUT2D eigenvalue weighted by atomic mass is 10.0. The summed E-state index contributed by atoms with van der Waals surface area (Å²) in [4.78, 5) is 41.2. The molecule has 3 aromatic rings. The van der Waals surface area contributed by atoms with E-state index in [1.54, 1.807) is 12.1 Å². The molecule has 2 heterocycles. The smallest absolute Gasteiger partial charge is 0.411 e. The Morgan fingerprint density at radius 3 is 2.36 bits per heavy atom. The van der Waals surface area contributed by atoms with Gasteiger partial charge in [-0.1, -0.05) is 67.1 Å². The maximum Gasteiger partial charge on any atom is 0.411 e. The van der Waals surface area contributed by atoms with Crippen molar-refractivity contribution in [1.82, 2.24) is 25.2 Å². The van der Waals surface area contributed by atoms with Crippen molar-refractivity contribution in [3.8, 4) is 16.9 Å².